The molecule has 0 saturated carbocycles. The van der Waals surface area contributed by atoms with Crippen LogP contribution in [0, 0.1) is 12.7 Å². The number of aryl methyl sites for hydroxylation is 1. The summed E-state index contributed by atoms with van der Waals surface area (Å²) in [5.41, 5.74) is 1.54. The largest absolute Gasteiger partial charge is 0.496 e. The van der Waals surface area contributed by atoms with Crippen molar-refractivity contribution in [1.29, 1.82) is 0 Å². The fourth-order valence-corrected chi connectivity index (χ4v) is 3.55. The van der Waals surface area contributed by atoms with Crippen molar-refractivity contribution in [1.82, 2.24) is 14.5 Å². The summed E-state index contributed by atoms with van der Waals surface area (Å²) < 4.78 is 22.6. The fraction of sp³-hybridized carbons (Fsp3) is 0.438. The van der Waals surface area contributed by atoms with Crippen LogP contribution in [0.15, 0.2) is 18.2 Å². The molecule has 2 heterocycles. The predicted molar refractivity (Wildman–Crippen MR) is 87.9 cm³/mol. The van der Waals surface area contributed by atoms with E-state index in [0.717, 1.165) is 30.2 Å². The average molecular weight is 351 g/mol. The normalized spacial score (nSPS) is 15.5. The Hall–Kier alpha value is -2.06. The van der Waals surface area contributed by atoms with Crippen molar-refractivity contribution in [3.63, 3.8) is 0 Å². The van der Waals surface area contributed by atoms with E-state index in [1.54, 1.807) is 20.1 Å². The minimum Gasteiger partial charge on any atom is -0.496 e. The molecule has 8 heteroatoms. The molecule has 0 atom stereocenters. The maximum atomic E-state index is 13.5. The van der Waals surface area contributed by atoms with E-state index in [4.69, 9.17) is 4.74 Å². The van der Waals surface area contributed by atoms with Gasteiger partial charge in [-0.2, -0.15) is 0 Å². The number of benzene rings is 1. The molecule has 2 aromatic rings. The molecule has 0 radical (unpaired) electrons. The van der Waals surface area contributed by atoms with Crippen molar-refractivity contribution >= 4 is 17.4 Å². The maximum Gasteiger partial charge on any atom is 0.267 e. The van der Waals surface area contributed by atoms with E-state index in [1.807, 2.05) is 4.90 Å². The second kappa shape index (κ2) is 7.23. The van der Waals surface area contributed by atoms with Gasteiger partial charge in [0.25, 0.3) is 5.91 Å². The minimum atomic E-state index is -0.257. The topological polar surface area (TPSA) is 59.8 Å². The summed E-state index contributed by atoms with van der Waals surface area (Å²) in [4.78, 5) is 16.2. The second-order valence-electron chi connectivity index (χ2n) is 5.86. The van der Waals surface area contributed by atoms with Crippen LogP contribution in [0.3, 0.4) is 0 Å². The zero-order valence-corrected chi connectivity index (χ0v) is 14.5. The van der Waals surface area contributed by atoms with Gasteiger partial charge < -0.3 is 14.5 Å². The number of ether oxygens (including phenoxy) is 1. The quantitative estimate of drug-likeness (QED) is 0.873. The van der Waals surface area contributed by atoms with Crippen LogP contribution >= 0.6 is 11.5 Å². The standard InChI is InChI=1S/C16H19FN4O2S/c1-11-15(24-19-18-11)16(22)21-7-5-20(6-8-21)10-12-9-13(17)3-4-14(12)23-2/h3-4,9H,5-8,10H2,1-2H3/p+1. The summed E-state index contributed by atoms with van der Waals surface area (Å²) in [6.07, 6.45) is 0. The van der Waals surface area contributed by atoms with E-state index >= 15 is 0 Å². The minimum absolute atomic E-state index is 0.00452. The molecular weight excluding hydrogens is 331 g/mol. The van der Waals surface area contributed by atoms with Crippen LogP contribution in [-0.4, -0.2) is 53.7 Å². The van der Waals surface area contributed by atoms with E-state index in [-0.39, 0.29) is 11.7 Å². The molecule has 1 N–H and O–H groups in total. The first-order valence-corrected chi connectivity index (χ1v) is 8.60. The molecule has 6 nitrogen and oxygen atoms in total. The Morgan fingerprint density at radius 1 is 1.42 bits per heavy atom. The van der Waals surface area contributed by atoms with Gasteiger partial charge in [-0.15, -0.1) is 5.10 Å². The molecule has 1 aliphatic heterocycles. The van der Waals surface area contributed by atoms with Crippen LogP contribution in [0.25, 0.3) is 0 Å². The second-order valence-corrected chi connectivity index (χ2v) is 6.62. The van der Waals surface area contributed by atoms with Crippen molar-refractivity contribution < 1.29 is 18.8 Å². The van der Waals surface area contributed by atoms with Crippen molar-refractivity contribution in [3.05, 3.63) is 40.2 Å². The van der Waals surface area contributed by atoms with E-state index in [2.05, 4.69) is 9.59 Å². The molecule has 0 bridgehead atoms. The number of piperazine rings is 1. The lowest BCUT2D eigenvalue weighted by atomic mass is 10.1. The lowest BCUT2D eigenvalue weighted by Gasteiger charge is -2.32. The van der Waals surface area contributed by atoms with Gasteiger partial charge in [0, 0.05) is 0 Å². The Morgan fingerprint density at radius 2 is 2.17 bits per heavy atom. The third-order valence-electron chi connectivity index (χ3n) is 4.29. The number of nitrogens with zero attached hydrogens (tertiary/aromatic N) is 3. The van der Waals surface area contributed by atoms with Gasteiger partial charge in [0.15, 0.2) is 0 Å². The highest BCUT2D eigenvalue weighted by Crippen LogP contribution is 2.18. The number of carbonyl (C=O) groups excluding carboxylic acids is 1. The maximum absolute atomic E-state index is 13.5. The monoisotopic (exact) mass is 351 g/mol. The number of halogens is 1. The van der Waals surface area contributed by atoms with Crippen molar-refractivity contribution in [2.24, 2.45) is 0 Å². The number of aromatic nitrogens is 2. The molecule has 1 fully saturated rings. The zero-order chi connectivity index (χ0) is 17.1. The Labute approximate surface area is 144 Å². The first kappa shape index (κ1) is 16.8. The molecule has 128 valence electrons. The van der Waals surface area contributed by atoms with E-state index in [0.29, 0.717) is 36.0 Å². The first-order valence-electron chi connectivity index (χ1n) is 7.82. The number of quaternary nitrogens is 1. The van der Waals surface area contributed by atoms with E-state index < -0.39 is 0 Å². The highest BCUT2D eigenvalue weighted by Gasteiger charge is 2.27. The highest BCUT2D eigenvalue weighted by atomic mass is 32.1. The number of amides is 1. The number of carbonyl (C=O) groups is 1. The third-order valence-corrected chi connectivity index (χ3v) is 5.10. The van der Waals surface area contributed by atoms with Gasteiger partial charge in [0.2, 0.25) is 0 Å². The van der Waals surface area contributed by atoms with Gasteiger partial charge in [-0.05, 0) is 36.7 Å². The number of hydrogen-bond acceptors (Lipinski definition) is 5. The Kier molecular flexibility index (Phi) is 5.06. The first-order chi connectivity index (χ1) is 11.6. The van der Waals surface area contributed by atoms with Gasteiger partial charge in [-0.1, -0.05) is 4.49 Å². The summed E-state index contributed by atoms with van der Waals surface area (Å²) in [5.74, 6) is 0.450. The van der Waals surface area contributed by atoms with Crippen LogP contribution in [0.2, 0.25) is 0 Å². The molecule has 0 unspecified atom stereocenters. The van der Waals surface area contributed by atoms with Crippen molar-refractivity contribution in [2.75, 3.05) is 33.3 Å². The molecule has 1 aromatic heterocycles. The molecule has 0 aliphatic carbocycles. The molecule has 1 amide bonds. The molecule has 3 rings (SSSR count). The number of hydrogen-bond donors (Lipinski definition) is 1. The van der Waals surface area contributed by atoms with Crippen LogP contribution < -0.4 is 9.64 Å². The van der Waals surface area contributed by atoms with Crippen LogP contribution in [-0.2, 0) is 6.54 Å². The molecule has 1 aliphatic rings. The lowest BCUT2D eigenvalue weighted by Crippen LogP contribution is -3.13. The summed E-state index contributed by atoms with van der Waals surface area (Å²) in [6.45, 7) is 5.46. The Balaban J connectivity index is 1.61. The Morgan fingerprint density at radius 3 is 2.79 bits per heavy atom. The SMILES string of the molecule is COc1ccc(F)cc1C[NH+]1CCN(C(=O)c2snnc2C)CC1. The van der Waals surface area contributed by atoms with Gasteiger partial charge in [-0.3, -0.25) is 4.79 Å². The van der Waals surface area contributed by atoms with Crippen LogP contribution in [0.1, 0.15) is 20.9 Å². The molecule has 1 aromatic carbocycles. The molecular formula is C16H20FN4O2S+. The smallest absolute Gasteiger partial charge is 0.267 e. The van der Waals surface area contributed by atoms with E-state index in [1.165, 1.54) is 17.0 Å². The third kappa shape index (κ3) is 3.54. The van der Waals surface area contributed by atoms with Crippen molar-refractivity contribution in [2.45, 2.75) is 13.5 Å². The van der Waals surface area contributed by atoms with Gasteiger partial charge in [0.1, 0.15) is 23.0 Å². The summed E-state index contributed by atoms with van der Waals surface area (Å²) in [7, 11) is 1.59. The van der Waals surface area contributed by atoms with Gasteiger partial charge in [-0.25, -0.2) is 4.39 Å². The molecule has 1 saturated heterocycles. The summed E-state index contributed by atoms with van der Waals surface area (Å²) in [5, 5.41) is 3.90. The number of nitrogens with one attached hydrogen (secondary N) is 1. The zero-order valence-electron chi connectivity index (χ0n) is 13.7. The van der Waals surface area contributed by atoms with Crippen LogP contribution in [0.4, 0.5) is 4.39 Å². The predicted octanol–water partition coefficient (Wildman–Crippen LogP) is 0.535. The average Bonchev–Trinajstić information content (AvgIpc) is 3.01. The summed E-state index contributed by atoms with van der Waals surface area (Å²) in [6, 6.07) is 4.58. The molecule has 0 spiro atoms. The number of methoxy groups -OCH3 is 1. The summed E-state index contributed by atoms with van der Waals surface area (Å²) >= 11 is 1.14. The van der Waals surface area contributed by atoms with E-state index in [9.17, 15) is 9.18 Å². The Bertz CT molecular complexity index is 729. The van der Waals surface area contributed by atoms with Gasteiger partial charge in [0.05, 0.1) is 44.5 Å². The van der Waals surface area contributed by atoms with Crippen molar-refractivity contribution in [3.8, 4) is 5.75 Å². The van der Waals surface area contributed by atoms with Gasteiger partial charge >= 0.3 is 0 Å². The van der Waals surface area contributed by atoms with Crippen LogP contribution in [0.5, 0.6) is 5.75 Å². The lowest BCUT2D eigenvalue weighted by molar-refractivity contribution is -0.917. The fourth-order valence-electron chi connectivity index (χ4n) is 2.93. The molecule has 24 heavy (non-hydrogen) atoms. The highest BCUT2D eigenvalue weighted by molar-refractivity contribution is 7.07. The number of rotatable bonds is 4.